The normalized spacial score (nSPS) is 15.1. The van der Waals surface area contributed by atoms with Crippen molar-refractivity contribution in [2.75, 3.05) is 0 Å². The number of aromatic hydroxyl groups is 2. The van der Waals surface area contributed by atoms with Gasteiger partial charge in [-0.15, -0.1) is 0 Å². The Labute approximate surface area is 103 Å². The van der Waals surface area contributed by atoms with Crippen LogP contribution in [-0.4, -0.2) is 20.2 Å². The van der Waals surface area contributed by atoms with Crippen LogP contribution in [0, 0.1) is 4.77 Å². The van der Waals surface area contributed by atoms with Gasteiger partial charge in [0.25, 0.3) is 0 Å². The Morgan fingerprint density at radius 3 is 2.53 bits per heavy atom. The van der Waals surface area contributed by atoms with E-state index in [1.807, 2.05) is 6.07 Å². The van der Waals surface area contributed by atoms with Gasteiger partial charge in [-0.3, -0.25) is 0 Å². The Kier molecular flexibility index (Phi) is 2.22. The highest BCUT2D eigenvalue weighted by Crippen LogP contribution is 2.47. The van der Waals surface area contributed by atoms with Gasteiger partial charge < -0.3 is 20.2 Å². The van der Waals surface area contributed by atoms with Crippen molar-refractivity contribution >= 4 is 12.2 Å². The SMILES string of the molecule is Oc1cc(O)c(C2CC2)cc1-c1c[nH]c(=S)[nH]1. The summed E-state index contributed by atoms with van der Waals surface area (Å²) in [5, 5.41) is 19.6. The molecule has 0 atom stereocenters. The minimum atomic E-state index is 0.0529. The van der Waals surface area contributed by atoms with Gasteiger partial charge in [0.15, 0.2) is 4.77 Å². The first-order valence-electron chi connectivity index (χ1n) is 5.49. The maximum absolute atomic E-state index is 9.85. The first-order valence-corrected chi connectivity index (χ1v) is 5.90. The zero-order valence-electron chi connectivity index (χ0n) is 9.03. The molecule has 0 saturated heterocycles. The van der Waals surface area contributed by atoms with Gasteiger partial charge in [-0.05, 0) is 42.6 Å². The quantitative estimate of drug-likeness (QED) is 0.617. The van der Waals surface area contributed by atoms with Crippen LogP contribution in [0.3, 0.4) is 0 Å². The van der Waals surface area contributed by atoms with Crippen molar-refractivity contribution < 1.29 is 10.2 Å². The van der Waals surface area contributed by atoms with E-state index in [0.29, 0.717) is 16.3 Å². The standard InChI is InChI=1S/C12H12N2O2S/c15-10-4-11(16)8(3-7(10)6-1-2-6)9-5-13-12(17)14-9/h3-6,15-16H,1-2H2,(H2,13,14,17). The van der Waals surface area contributed by atoms with Crippen molar-refractivity contribution in [2.45, 2.75) is 18.8 Å². The molecule has 5 heteroatoms. The van der Waals surface area contributed by atoms with Crippen LogP contribution in [0.2, 0.25) is 0 Å². The molecule has 1 aliphatic rings. The average Bonchev–Trinajstić information content (AvgIpc) is 3.02. The van der Waals surface area contributed by atoms with Crippen LogP contribution >= 0.6 is 12.2 Å². The second-order valence-corrected chi connectivity index (χ2v) is 4.77. The molecule has 1 fully saturated rings. The summed E-state index contributed by atoms with van der Waals surface area (Å²) in [6.07, 6.45) is 3.91. The van der Waals surface area contributed by atoms with E-state index in [4.69, 9.17) is 12.2 Å². The largest absolute Gasteiger partial charge is 0.508 e. The van der Waals surface area contributed by atoms with Crippen LogP contribution in [0.15, 0.2) is 18.3 Å². The lowest BCUT2D eigenvalue weighted by molar-refractivity contribution is 0.447. The van der Waals surface area contributed by atoms with Gasteiger partial charge >= 0.3 is 0 Å². The fraction of sp³-hybridized carbons (Fsp3) is 0.250. The van der Waals surface area contributed by atoms with E-state index in [9.17, 15) is 10.2 Å². The second-order valence-electron chi connectivity index (χ2n) is 4.36. The third-order valence-electron chi connectivity index (χ3n) is 3.05. The topological polar surface area (TPSA) is 72.0 Å². The zero-order chi connectivity index (χ0) is 12.0. The van der Waals surface area contributed by atoms with Crippen LogP contribution in [0.1, 0.15) is 24.3 Å². The molecule has 1 aromatic carbocycles. The second kappa shape index (κ2) is 3.63. The molecule has 1 saturated carbocycles. The van der Waals surface area contributed by atoms with E-state index in [1.54, 1.807) is 6.20 Å². The summed E-state index contributed by atoms with van der Waals surface area (Å²) < 4.78 is 0.514. The molecular formula is C12H12N2O2S. The summed E-state index contributed by atoms with van der Waals surface area (Å²) in [5.41, 5.74) is 2.30. The number of rotatable bonds is 2. The van der Waals surface area contributed by atoms with Gasteiger partial charge in [0.1, 0.15) is 11.5 Å². The van der Waals surface area contributed by atoms with Crippen molar-refractivity contribution in [3.05, 3.63) is 28.7 Å². The number of aromatic nitrogens is 2. The molecule has 0 spiro atoms. The molecule has 0 aliphatic heterocycles. The van der Waals surface area contributed by atoms with Crippen molar-refractivity contribution in [1.29, 1.82) is 0 Å². The number of aromatic amines is 2. The van der Waals surface area contributed by atoms with E-state index in [0.717, 1.165) is 24.1 Å². The van der Waals surface area contributed by atoms with Crippen LogP contribution in [-0.2, 0) is 0 Å². The zero-order valence-corrected chi connectivity index (χ0v) is 9.84. The van der Waals surface area contributed by atoms with Crippen LogP contribution < -0.4 is 0 Å². The fourth-order valence-electron chi connectivity index (χ4n) is 2.01. The minimum Gasteiger partial charge on any atom is -0.508 e. The van der Waals surface area contributed by atoms with Crippen LogP contribution in [0.25, 0.3) is 11.3 Å². The molecular weight excluding hydrogens is 236 g/mol. The first kappa shape index (κ1) is 10.4. The smallest absolute Gasteiger partial charge is 0.174 e. The molecule has 4 nitrogen and oxygen atoms in total. The number of imidazole rings is 1. The molecule has 0 unspecified atom stereocenters. The number of phenolic OH excluding ortho intramolecular Hbond substituents is 2. The number of benzene rings is 1. The highest BCUT2D eigenvalue weighted by atomic mass is 32.1. The lowest BCUT2D eigenvalue weighted by Gasteiger charge is -2.08. The molecule has 1 aliphatic carbocycles. The highest BCUT2D eigenvalue weighted by molar-refractivity contribution is 7.71. The Hall–Kier alpha value is -1.75. The van der Waals surface area contributed by atoms with Gasteiger partial charge in [-0.25, -0.2) is 0 Å². The van der Waals surface area contributed by atoms with Crippen molar-refractivity contribution in [1.82, 2.24) is 9.97 Å². The van der Waals surface area contributed by atoms with Crippen molar-refractivity contribution in [3.63, 3.8) is 0 Å². The maximum atomic E-state index is 9.85. The van der Waals surface area contributed by atoms with E-state index >= 15 is 0 Å². The number of nitrogens with one attached hydrogen (secondary N) is 2. The van der Waals surface area contributed by atoms with E-state index in [1.165, 1.54) is 6.07 Å². The van der Waals surface area contributed by atoms with Crippen LogP contribution in [0.4, 0.5) is 0 Å². The Balaban J connectivity index is 2.15. The molecule has 2 aromatic rings. The van der Waals surface area contributed by atoms with Gasteiger partial charge in [0.2, 0.25) is 0 Å². The number of hydrogen-bond acceptors (Lipinski definition) is 3. The van der Waals surface area contributed by atoms with Gasteiger partial charge in [0.05, 0.1) is 5.69 Å². The third kappa shape index (κ3) is 1.82. The number of H-pyrrole nitrogens is 2. The summed E-state index contributed by atoms with van der Waals surface area (Å²) in [6.45, 7) is 0. The van der Waals surface area contributed by atoms with E-state index < -0.39 is 0 Å². The Morgan fingerprint density at radius 2 is 1.94 bits per heavy atom. The molecule has 0 amide bonds. The Bertz CT molecular complexity index is 626. The van der Waals surface area contributed by atoms with Crippen LogP contribution in [0.5, 0.6) is 11.5 Å². The van der Waals surface area contributed by atoms with E-state index in [2.05, 4.69) is 9.97 Å². The highest BCUT2D eigenvalue weighted by Gasteiger charge is 2.27. The lowest BCUT2D eigenvalue weighted by Crippen LogP contribution is -1.86. The average molecular weight is 248 g/mol. The molecule has 4 N–H and O–H groups in total. The molecule has 17 heavy (non-hydrogen) atoms. The first-order chi connectivity index (χ1) is 8.15. The maximum Gasteiger partial charge on any atom is 0.174 e. The lowest BCUT2D eigenvalue weighted by atomic mass is 10.0. The predicted octanol–water partition coefficient (Wildman–Crippen LogP) is 3.03. The summed E-state index contributed by atoms with van der Waals surface area (Å²) >= 11 is 4.96. The van der Waals surface area contributed by atoms with Gasteiger partial charge in [0, 0.05) is 17.8 Å². The third-order valence-corrected chi connectivity index (χ3v) is 3.27. The van der Waals surface area contributed by atoms with Gasteiger partial charge in [-0.2, -0.15) is 0 Å². The predicted molar refractivity (Wildman–Crippen MR) is 66.7 cm³/mol. The molecule has 1 aromatic heterocycles. The summed E-state index contributed by atoms with van der Waals surface area (Å²) in [6, 6.07) is 3.23. The minimum absolute atomic E-state index is 0.0529. The van der Waals surface area contributed by atoms with Crippen molar-refractivity contribution in [3.8, 4) is 22.8 Å². The van der Waals surface area contributed by atoms with Gasteiger partial charge in [-0.1, -0.05) is 0 Å². The monoisotopic (exact) mass is 248 g/mol. The summed E-state index contributed by atoms with van der Waals surface area (Å²) in [4.78, 5) is 5.82. The fourth-order valence-corrected chi connectivity index (χ4v) is 2.18. The van der Waals surface area contributed by atoms with E-state index in [-0.39, 0.29) is 11.5 Å². The number of hydrogen-bond donors (Lipinski definition) is 4. The molecule has 0 bridgehead atoms. The summed E-state index contributed by atoms with van der Waals surface area (Å²) in [7, 11) is 0. The number of phenols is 2. The summed E-state index contributed by atoms with van der Waals surface area (Å²) in [5.74, 6) is 0.649. The molecule has 88 valence electrons. The molecule has 1 heterocycles. The Morgan fingerprint density at radius 1 is 1.18 bits per heavy atom. The molecule has 0 radical (unpaired) electrons. The molecule has 3 rings (SSSR count). The van der Waals surface area contributed by atoms with Crippen molar-refractivity contribution in [2.24, 2.45) is 0 Å².